The fourth-order valence-electron chi connectivity index (χ4n) is 19.6. The van der Waals surface area contributed by atoms with E-state index in [-0.39, 0.29) is 198 Å². The Balaban J connectivity index is 0.000000181. The highest BCUT2D eigenvalue weighted by Gasteiger charge is 2.45. The molecule has 0 spiro atoms. The van der Waals surface area contributed by atoms with Crippen molar-refractivity contribution in [3.8, 4) is 69.0 Å². The number of pyridine rings is 9. The number of anilines is 6. The molecule has 144 heavy (non-hydrogen) atoms. The number of aryl methyl sites for hydroxylation is 3. The van der Waals surface area contributed by atoms with Crippen molar-refractivity contribution >= 4 is 166 Å². The lowest BCUT2D eigenvalue weighted by atomic mass is 9.99. The lowest BCUT2D eigenvalue weighted by Gasteiger charge is -2.45. The van der Waals surface area contributed by atoms with Crippen LogP contribution in [0.4, 0.5) is 69.2 Å². The number of piperazine rings is 3. The molecule has 0 unspecified atom stereocenters. The van der Waals surface area contributed by atoms with Gasteiger partial charge in [0.25, 0.3) is 16.7 Å². The molecule has 750 valence electrons. The van der Waals surface area contributed by atoms with Crippen molar-refractivity contribution in [2.75, 3.05) is 71.2 Å². The number of fused-ring (bicyclic) bond motifs is 3. The number of aromatic nitrogens is 9. The van der Waals surface area contributed by atoms with E-state index < -0.39 is 91.6 Å². The minimum atomic E-state index is -5.68. The fraction of sp³-hybridized carbons (Fsp3) is 0.324. The van der Waals surface area contributed by atoms with Crippen LogP contribution in [0.5, 0.6) is 0 Å². The quantitative estimate of drug-likeness (QED) is 0.0282. The molecule has 12 heterocycles. The third kappa shape index (κ3) is 18.7. The summed E-state index contributed by atoms with van der Waals surface area (Å²) in [6.07, 6.45) is 2.86. The van der Waals surface area contributed by atoms with E-state index in [0.29, 0.717) is 82.3 Å². The predicted molar refractivity (Wildman–Crippen MR) is 549 cm³/mol. The van der Waals surface area contributed by atoms with Gasteiger partial charge >= 0.3 is 6.18 Å². The first-order valence-corrected chi connectivity index (χ1v) is 47.8. The molecular weight excluding hydrogens is 2020 g/mol. The van der Waals surface area contributed by atoms with Gasteiger partial charge in [-0.3, -0.25) is 57.4 Å². The molecule has 3 saturated heterocycles. The Kier molecular flexibility index (Phi) is 31.2. The molecule has 42 heteroatoms. The molecule has 3 fully saturated rings. The molecule has 12 aromatic rings. The van der Waals surface area contributed by atoms with Gasteiger partial charge in [-0.1, -0.05) is 142 Å². The molecule has 6 atom stereocenters. The van der Waals surface area contributed by atoms with Crippen LogP contribution in [0.15, 0.2) is 107 Å². The minimum absolute atomic E-state index is 0.0355. The summed E-state index contributed by atoms with van der Waals surface area (Å²) in [4.78, 5) is 120. The third-order valence-corrected chi connectivity index (χ3v) is 28.4. The van der Waals surface area contributed by atoms with Crippen LogP contribution in [0.1, 0.15) is 168 Å². The van der Waals surface area contributed by atoms with Crippen LogP contribution in [-0.4, -0.2) is 152 Å². The van der Waals surface area contributed by atoms with Gasteiger partial charge in [-0.2, -0.15) is 29.0 Å². The molecule has 0 radical (unpaired) electrons. The number of carbonyl (C=O) groups is 3. The number of amides is 3. The van der Waals surface area contributed by atoms with Crippen molar-refractivity contribution in [3.05, 3.63) is 255 Å². The first-order valence-electron chi connectivity index (χ1n) is 45.1. The number of alkyl halides is 3. The predicted octanol–water partition coefficient (Wildman–Crippen LogP) is 21.7. The first-order chi connectivity index (χ1) is 67.7. The number of hydrogen-bond acceptors (Lipinski definition) is 21. The number of halogens is 15. The summed E-state index contributed by atoms with van der Waals surface area (Å²) in [6.45, 7) is 43.2. The van der Waals surface area contributed by atoms with Crippen LogP contribution in [0.3, 0.4) is 0 Å². The topological polar surface area (TPSA) is 363 Å². The average Bonchev–Trinajstić information content (AvgIpc) is 0.726. The average molecular weight is 2110 g/mol. The lowest BCUT2D eigenvalue weighted by Crippen LogP contribution is -2.58. The van der Waals surface area contributed by atoms with Gasteiger partial charge < -0.3 is 46.6 Å². The molecule has 27 nitrogen and oxygen atoms in total. The van der Waals surface area contributed by atoms with Gasteiger partial charge in [-0.15, -0.1) is 0 Å². The van der Waals surface area contributed by atoms with Crippen LogP contribution >= 0.6 is 81.2 Å². The van der Waals surface area contributed by atoms with Crippen LogP contribution < -0.4 is 48.6 Å². The van der Waals surface area contributed by atoms with Crippen molar-refractivity contribution in [2.45, 2.75) is 178 Å². The molecule has 3 aromatic carbocycles. The number of nitrogens with zero attached hydrogens (tertiary/aromatic N) is 18. The highest BCUT2D eigenvalue weighted by molar-refractivity contribution is 6.40. The molecule has 15 rings (SSSR count). The summed E-state index contributed by atoms with van der Waals surface area (Å²) >= 11 is 45.7. The Labute approximate surface area is 857 Å². The standard InChI is InChI=1S/2C34H33Cl3FN7O2.C34H30ClF6N7O2/c2*1-8-23(46)44-17(5)13-43(14-18(44)6)32-20-11-22(35)30(24-19(7)25(36)27(38)26(37)28(24)40)42-33(20)45(34(47)21(32)12-39)31-16(4)9-10-41-29(31)15(2)3;1-7-21(49)47-16(5)12-46(13-17(47)6)31-18-10-20(35)29(22-24(36)23(34(39,40)41)25(37)26(38)27(22)43)45-32(18)48(33(50)19(31)11-42)30-15(4)8-9-44-28(30)14(2)3/h2*8-11,15,17-18H,1,13-14,40H2,2-7H3;7-10,14,16-17H,1,12-13,43H2,2-6H3/t2*17-,18+;16-,17+. The van der Waals surface area contributed by atoms with E-state index in [1.54, 1.807) is 111 Å². The molecule has 9 aromatic heterocycles. The number of carbonyl (C=O) groups excluding carboxylic acids is 3. The molecule has 3 aliphatic heterocycles. The van der Waals surface area contributed by atoms with E-state index in [0.717, 1.165) is 21.8 Å². The monoisotopic (exact) mass is 2110 g/mol. The summed E-state index contributed by atoms with van der Waals surface area (Å²) in [6, 6.07) is 13.7. The number of benzene rings is 3. The zero-order chi connectivity index (χ0) is 106. The second kappa shape index (κ2) is 41.7. The Morgan fingerprint density at radius 1 is 0.410 bits per heavy atom. The number of rotatable bonds is 15. The second-order valence-corrected chi connectivity index (χ2v) is 39.3. The van der Waals surface area contributed by atoms with E-state index in [9.17, 15) is 75.3 Å². The Morgan fingerprint density at radius 3 is 0.903 bits per heavy atom. The molecule has 0 bridgehead atoms. The minimum Gasteiger partial charge on any atom is -0.397 e. The summed E-state index contributed by atoms with van der Waals surface area (Å²) < 4.78 is 120. The second-order valence-electron chi connectivity index (χ2n) is 36.5. The van der Waals surface area contributed by atoms with Crippen molar-refractivity contribution in [2.24, 2.45) is 0 Å². The van der Waals surface area contributed by atoms with Gasteiger partial charge in [-0.05, 0) is 176 Å². The maximum atomic E-state index is 15.7. The smallest absolute Gasteiger partial charge is 0.397 e. The van der Waals surface area contributed by atoms with Crippen molar-refractivity contribution in [1.29, 1.82) is 15.8 Å². The zero-order valence-electron chi connectivity index (χ0n) is 80.9. The molecule has 3 aliphatic rings. The fourth-order valence-corrected chi connectivity index (χ4v) is 21.2. The van der Waals surface area contributed by atoms with Gasteiger partial charge in [0.15, 0.2) is 23.3 Å². The maximum absolute atomic E-state index is 15.7. The van der Waals surface area contributed by atoms with E-state index in [4.69, 9.17) is 108 Å². The molecule has 0 aliphatic carbocycles. The molecule has 0 saturated carbocycles. The number of nitrogen functional groups attached to an aromatic ring is 3. The van der Waals surface area contributed by atoms with Crippen LogP contribution in [0.25, 0.3) is 83.9 Å². The first kappa shape index (κ1) is 108. The van der Waals surface area contributed by atoms with E-state index in [2.05, 4.69) is 51.8 Å². The van der Waals surface area contributed by atoms with E-state index in [1.165, 1.54) is 33.6 Å². The van der Waals surface area contributed by atoms with Crippen molar-refractivity contribution in [3.63, 3.8) is 0 Å². The maximum Gasteiger partial charge on any atom is 0.422 e. The molecule has 6 N–H and O–H groups in total. The van der Waals surface area contributed by atoms with Crippen molar-refractivity contribution < 1.29 is 49.5 Å². The number of hydrogen-bond donors (Lipinski definition) is 3. The Bertz CT molecular complexity index is 7420. The summed E-state index contributed by atoms with van der Waals surface area (Å²) in [5.74, 6) is -10.00. The van der Waals surface area contributed by atoms with Gasteiger partial charge in [0.05, 0.1) is 116 Å². The largest absolute Gasteiger partial charge is 0.422 e. The highest BCUT2D eigenvalue weighted by atomic mass is 35.5. The third-order valence-electron chi connectivity index (χ3n) is 25.9. The van der Waals surface area contributed by atoms with E-state index >= 15 is 4.39 Å². The van der Waals surface area contributed by atoms with Gasteiger partial charge in [-0.25, -0.2) is 36.9 Å². The zero-order valence-corrected chi connectivity index (χ0v) is 86.2. The normalized spacial score (nSPS) is 16.6. The van der Waals surface area contributed by atoms with Gasteiger partial charge in [0, 0.05) is 121 Å². The Morgan fingerprint density at radius 2 is 0.667 bits per heavy atom. The van der Waals surface area contributed by atoms with Crippen molar-refractivity contribution in [1.82, 2.24) is 58.3 Å². The van der Waals surface area contributed by atoms with E-state index in [1.807, 2.05) is 85.1 Å². The summed E-state index contributed by atoms with van der Waals surface area (Å²) in [5.41, 5.74) is 16.0. The van der Waals surface area contributed by atoms with Gasteiger partial charge in [0.2, 0.25) is 17.7 Å². The molecular formula is C102H96Cl7F8N21O6. The van der Waals surface area contributed by atoms with Crippen LogP contribution in [0.2, 0.25) is 35.2 Å². The van der Waals surface area contributed by atoms with Crippen LogP contribution in [0, 0.1) is 97.7 Å². The summed E-state index contributed by atoms with van der Waals surface area (Å²) in [5, 5.41) is 30.9. The number of nitrogens with two attached hydrogens (primary N) is 3. The SMILES string of the molecule is C=CC(=O)N1[C@H](C)CN(c2c(C#N)c(=O)n(-c3c(C)ccnc3C(C)C)c3nc(-c4c(C)c(Cl)c(F)c(Cl)c4N)c(Cl)cc23)C[C@@H]1C.C=CC(=O)N1[C@H](C)CN(c2c(C#N)c(=O)n(-c3c(C)ccnc3C(C)C)c3nc(-c4c(C)c(Cl)c(F)c(Cl)c4N)c(Cl)cc23)C[C@@H]1C.C=CC(=O)N1[C@H](C)CN(c2c(C#N)c(=O)n(-c3c(C)ccnc3C(C)C)c3nc(-c4c(N)c(F)c(F)c(C(F)(F)F)c4F)c(Cl)cc23)C[C@@H]1C. The summed E-state index contributed by atoms with van der Waals surface area (Å²) in [7, 11) is 0. The molecule has 3 amide bonds. The number of nitriles is 3. The van der Waals surface area contributed by atoms with Crippen LogP contribution in [-0.2, 0) is 20.6 Å². The lowest BCUT2D eigenvalue weighted by molar-refractivity contribution is -0.142. The Hall–Kier alpha value is -13.4. The highest BCUT2D eigenvalue weighted by Crippen LogP contribution is 2.51. The van der Waals surface area contributed by atoms with Gasteiger partial charge in [0.1, 0.15) is 73.3 Å².